The fraction of sp³-hybridized carbons (Fsp3) is 0.316. The molecule has 0 saturated carbocycles. The van der Waals surface area contributed by atoms with Crippen molar-refractivity contribution in [2.45, 2.75) is 25.0 Å². The summed E-state index contributed by atoms with van der Waals surface area (Å²) in [5.41, 5.74) is 7.20. The summed E-state index contributed by atoms with van der Waals surface area (Å²) >= 11 is 6.19. The summed E-state index contributed by atoms with van der Waals surface area (Å²) in [4.78, 5) is 17.6. The van der Waals surface area contributed by atoms with Crippen LogP contribution < -0.4 is 10.6 Å². The second kappa shape index (κ2) is 6.94. The van der Waals surface area contributed by atoms with Crippen molar-refractivity contribution in [3.05, 3.63) is 58.4 Å². The summed E-state index contributed by atoms with van der Waals surface area (Å²) < 4.78 is 5.94. The van der Waals surface area contributed by atoms with E-state index in [9.17, 15) is 4.79 Å². The van der Waals surface area contributed by atoms with Gasteiger partial charge in [0.1, 0.15) is 17.4 Å². The van der Waals surface area contributed by atoms with Gasteiger partial charge in [-0.25, -0.2) is 0 Å². The summed E-state index contributed by atoms with van der Waals surface area (Å²) in [6.45, 7) is 2.83. The van der Waals surface area contributed by atoms with Crippen molar-refractivity contribution < 1.29 is 9.53 Å². The molecule has 0 aliphatic carbocycles. The van der Waals surface area contributed by atoms with E-state index in [4.69, 9.17) is 27.3 Å². The Morgan fingerprint density at radius 2 is 2.23 bits per heavy atom. The van der Waals surface area contributed by atoms with Gasteiger partial charge in [-0.05, 0) is 31.2 Å². The van der Waals surface area contributed by atoms with Crippen molar-refractivity contribution in [1.82, 2.24) is 4.98 Å². The van der Waals surface area contributed by atoms with Gasteiger partial charge in [0.15, 0.2) is 0 Å². The van der Waals surface area contributed by atoms with E-state index < -0.39 is 11.5 Å². The minimum atomic E-state index is -0.566. The van der Waals surface area contributed by atoms with Gasteiger partial charge in [-0.2, -0.15) is 5.26 Å². The van der Waals surface area contributed by atoms with Crippen LogP contribution in [-0.4, -0.2) is 30.6 Å². The van der Waals surface area contributed by atoms with Gasteiger partial charge >= 0.3 is 0 Å². The summed E-state index contributed by atoms with van der Waals surface area (Å²) in [7, 11) is 1.67. The Balaban J connectivity index is 1.94. The molecule has 1 aliphatic heterocycles. The molecule has 1 amide bonds. The highest BCUT2D eigenvalue weighted by atomic mass is 35.5. The van der Waals surface area contributed by atoms with Crippen LogP contribution in [0.2, 0.25) is 5.02 Å². The molecule has 0 unspecified atom stereocenters. The van der Waals surface area contributed by atoms with Gasteiger partial charge < -0.3 is 15.4 Å². The molecule has 3 rings (SSSR count). The number of nitrogens with two attached hydrogens (primary N) is 1. The monoisotopic (exact) mass is 370 g/mol. The third-order valence-electron chi connectivity index (χ3n) is 5.14. The highest BCUT2D eigenvalue weighted by molar-refractivity contribution is 6.32. The molecule has 1 saturated heterocycles. The molecule has 1 aliphatic rings. The van der Waals surface area contributed by atoms with E-state index in [1.54, 1.807) is 31.5 Å². The van der Waals surface area contributed by atoms with Gasteiger partial charge in [-0.1, -0.05) is 17.7 Å². The number of hydrogen-bond acceptors (Lipinski definition) is 5. The average molecular weight is 371 g/mol. The van der Waals surface area contributed by atoms with Crippen LogP contribution in [0.25, 0.3) is 0 Å². The van der Waals surface area contributed by atoms with Crippen molar-refractivity contribution in [2.24, 2.45) is 5.73 Å². The molecule has 2 N–H and O–H groups in total. The highest BCUT2D eigenvalue weighted by Gasteiger charge is 2.47. The molecule has 1 fully saturated rings. The van der Waals surface area contributed by atoms with Crippen LogP contribution in [0.5, 0.6) is 0 Å². The number of nitrogens with zero attached hydrogens (tertiary/aromatic N) is 3. The number of pyridine rings is 1. The molecule has 0 bridgehead atoms. The first-order valence-corrected chi connectivity index (χ1v) is 8.58. The summed E-state index contributed by atoms with van der Waals surface area (Å²) in [5.74, 6) is -0.559. The van der Waals surface area contributed by atoms with Crippen LogP contribution in [0.4, 0.5) is 5.69 Å². The zero-order valence-electron chi connectivity index (χ0n) is 14.6. The molecular weight excluding hydrogens is 352 g/mol. The molecule has 0 radical (unpaired) electrons. The van der Waals surface area contributed by atoms with E-state index in [0.717, 1.165) is 24.2 Å². The number of primary amides is 1. The van der Waals surface area contributed by atoms with Crippen LogP contribution in [0.15, 0.2) is 36.5 Å². The molecule has 2 aromatic rings. The molecule has 0 spiro atoms. The Morgan fingerprint density at radius 3 is 2.77 bits per heavy atom. The Labute approximate surface area is 157 Å². The number of methoxy groups -OCH3 is 1. The van der Waals surface area contributed by atoms with E-state index >= 15 is 0 Å². The van der Waals surface area contributed by atoms with Gasteiger partial charge in [0.05, 0.1) is 16.6 Å². The molecule has 1 aromatic heterocycles. The van der Waals surface area contributed by atoms with Gasteiger partial charge in [0, 0.05) is 37.5 Å². The molecule has 2 heterocycles. The van der Waals surface area contributed by atoms with Crippen molar-refractivity contribution in [3.8, 4) is 6.07 Å². The number of amides is 1. The maximum atomic E-state index is 11.3. The number of benzene rings is 1. The van der Waals surface area contributed by atoms with E-state index in [1.165, 1.54) is 0 Å². The van der Waals surface area contributed by atoms with Gasteiger partial charge in [-0.15, -0.1) is 0 Å². The Hall–Kier alpha value is -2.62. The molecule has 1 aromatic carbocycles. The molecule has 7 heteroatoms. The number of aromatic nitrogens is 1. The van der Waals surface area contributed by atoms with Crippen molar-refractivity contribution in [2.75, 3.05) is 18.6 Å². The largest absolute Gasteiger partial charge is 0.371 e. The number of nitriles is 1. The zero-order valence-corrected chi connectivity index (χ0v) is 15.3. The zero-order chi connectivity index (χ0) is 18.9. The maximum absolute atomic E-state index is 11.3. The lowest BCUT2D eigenvalue weighted by Crippen LogP contribution is -2.42. The standard InChI is InChI=1S/C19H19ClN4O2/c1-12-19(26-2,14-4-6-17(18(22)25)23-11-14)7-8-24(12)15-5-3-13(10-21)16(20)9-15/h3-6,9,11-12H,7-8H2,1-2H3,(H2,22,25)/t12-,19-/m0/s1. The first-order valence-electron chi connectivity index (χ1n) is 8.20. The van der Waals surface area contributed by atoms with Gasteiger partial charge in [0.2, 0.25) is 0 Å². The van der Waals surface area contributed by atoms with Gasteiger partial charge in [0.25, 0.3) is 5.91 Å². The predicted molar refractivity (Wildman–Crippen MR) is 99.0 cm³/mol. The first-order chi connectivity index (χ1) is 12.4. The third kappa shape index (κ3) is 2.90. The molecule has 2 atom stereocenters. The fourth-order valence-corrected chi connectivity index (χ4v) is 3.85. The number of hydrogen-bond donors (Lipinski definition) is 1. The maximum Gasteiger partial charge on any atom is 0.267 e. The van der Waals surface area contributed by atoms with Crippen molar-refractivity contribution in [1.29, 1.82) is 5.26 Å². The Bertz CT molecular complexity index is 878. The Morgan fingerprint density at radius 1 is 1.46 bits per heavy atom. The second-order valence-electron chi connectivity index (χ2n) is 6.29. The highest BCUT2D eigenvalue weighted by Crippen LogP contribution is 2.43. The smallest absolute Gasteiger partial charge is 0.267 e. The summed E-state index contributed by atoms with van der Waals surface area (Å²) in [6, 6.07) is 10.9. The molecule has 134 valence electrons. The van der Waals surface area contributed by atoms with E-state index in [1.807, 2.05) is 12.1 Å². The number of rotatable bonds is 4. The van der Waals surface area contributed by atoms with E-state index in [-0.39, 0.29) is 11.7 Å². The lowest BCUT2D eigenvalue weighted by atomic mass is 9.87. The average Bonchev–Trinajstić information content (AvgIpc) is 2.99. The SMILES string of the molecule is CO[C@@]1(c2ccc(C(N)=O)nc2)CCN(c2ccc(C#N)c(Cl)c2)[C@H]1C. The van der Waals surface area contributed by atoms with E-state index in [2.05, 4.69) is 22.9 Å². The number of anilines is 1. The number of halogens is 1. The third-order valence-corrected chi connectivity index (χ3v) is 5.45. The molecule has 6 nitrogen and oxygen atoms in total. The van der Waals surface area contributed by atoms with Crippen LogP contribution in [0, 0.1) is 11.3 Å². The number of carbonyl (C=O) groups is 1. The summed E-state index contributed by atoms with van der Waals surface area (Å²) in [6.07, 6.45) is 2.40. The normalized spacial score (nSPS) is 22.2. The van der Waals surface area contributed by atoms with Gasteiger partial charge in [-0.3, -0.25) is 9.78 Å². The second-order valence-corrected chi connectivity index (χ2v) is 6.69. The summed E-state index contributed by atoms with van der Waals surface area (Å²) in [5, 5.41) is 9.48. The molecule has 26 heavy (non-hydrogen) atoms. The van der Waals surface area contributed by atoms with Crippen LogP contribution in [0.1, 0.15) is 35.0 Å². The predicted octanol–water partition coefficient (Wildman–Crippen LogP) is 2.85. The fourth-order valence-electron chi connectivity index (χ4n) is 3.63. The Kier molecular flexibility index (Phi) is 4.86. The molecular formula is C19H19ClN4O2. The number of ether oxygens (including phenoxy) is 1. The topological polar surface area (TPSA) is 92.2 Å². The van der Waals surface area contributed by atoms with Crippen LogP contribution in [-0.2, 0) is 10.3 Å². The lowest BCUT2D eigenvalue weighted by molar-refractivity contribution is -0.0180. The van der Waals surface area contributed by atoms with Crippen molar-refractivity contribution >= 4 is 23.2 Å². The van der Waals surface area contributed by atoms with Crippen molar-refractivity contribution in [3.63, 3.8) is 0 Å². The van der Waals surface area contributed by atoms with Crippen LogP contribution >= 0.6 is 11.6 Å². The quantitative estimate of drug-likeness (QED) is 0.893. The lowest BCUT2D eigenvalue weighted by Gasteiger charge is -2.36. The minimum Gasteiger partial charge on any atom is -0.371 e. The number of carbonyl (C=O) groups excluding carboxylic acids is 1. The first kappa shape index (κ1) is 18.2. The minimum absolute atomic E-state index is 0.00210. The van der Waals surface area contributed by atoms with E-state index in [0.29, 0.717) is 10.6 Å². The van der Waals surface area contributed by atoms with Crippen LogP contribution in [0.3, 0.4) is 0 Å².